The molecule has 28 heavy (non-hydrogen) atoms. The van der Waals surface area contributed by atoms with E-state index in [2.05, 4.69) is 10.2 Å². The molecule has 1 N–H and O–H groups in total. The first-order valence-corrected chi connectivity index (χ1v) is 9.60. The molecule has 1 atom stereocenters. The Hall–Kier alpha value is -2.47. The van der Waals surface area contributed by atoms with E-state index in [1.165, 1.54) is 12.1 Å². The fourth-order valence-electron chi connectivity index (χ4n) is 3.55. The minimum absolute atomic E-state index is 0.108. The van der Waals surface area contributed by atoms with Crippen LogP contribution in [0.2, 0.25) is 0 Å². The van der Waals surface area contributed by atoms with E-state index in [0.717, 1.165) is 43.1 Å². The number of ether oxygens (including phenoxy) is 1. The largest absolute Gasteiger partial charge is 0.483 e. The number of hydrogen-bond donors (Lipinski definition) is 1. The molecule has 0 aliphatic carbocycles. The average molecular weight is 388 g/mol. The third-order valence-corrected chi connectivity index (χ3v) is 5.31. The molecule has 0 unspecified atom stereocenters. The Morgan fingerprint density at radius 2 is 1.93 bits per heavy atom. The molecule has 1 saturated heterocycles. The number of carbonyl (C=O) groups excluding carboxylic acids is 1. The maximum atomic E-state index is 14.3. The molecule has 1 amide bonds. The van der Waals surface area contributed by atoms with Crippen LogP contribution in [0.3, 0.4) is 0 Å². The molecule has 0 saturated carbocycles. The molecule has 1 aliphatic heterocycles. The van der Waals surface area contributed by atoms with E-state index in [0.29, 0.717) is 11.3 Å². The van der Waals surface area contributed by atoms with E-state index in [1.54, 1.807) is 0 Å². The zero-order valence-electron chi connectivity index (χ0n) is 16.3. The minimum atomic E-state index is -0.604. The van der Waals surface area contributed by atoms with Gasteiger partial charge in [0, 0.05) is 18.2 Å². The predicted octanol–water partition coefficient (Wildman–Crippen LogP) is 3.91. The van der Waals surface area contributed by atoms with Gasteiger partial charge >= 0.3 is 0 Å². The van der Waals surface area contributed by atoms with Gasteiger partial charge in [-0.3, -0.25) is 9.69 Å². The number of amides is 1. The fraction of sp³-hybridized carbons (Fsp3) is 0.409. The summed E-state index contributed by atoms with van der Waals surface area (Å²) >= 11 is 0. The molecule has 4 nitrogen and oxygen atoms in total. The summed E-state index contributed by atoms with van der Waals surface area (Å²) in [4.78, 5) is 14.4. The SMILES string of the molecule is Cc1cccc(OCC(=O)NC[C@H](c2ccc(F)cc2F)N2CCCC2)c1C. The van der Waals surface area contributed by atoms with Gasteiger partial charge in [-0.05, 0) is 63.0 Å². The standard InChI is InChI=1S/C22H26F2N2O2/c1-15-6-5-7-21(16(15)2)28-14-22(27)25-13-20(26-10-3-4-11-26)18-9-8-17(23)12-19(18)24/h5-9,12,20H,3-4,10-11,13-14H2,1-2H3,(H,25,27)/t20-/m1/s1. The van der Waals surface area contributed by atoms with Crippen molar-refractivity contribution in [1.29, 1.82) is 0 Å². The predicted molar refractivity (Wildman–Crippen MR) is 104 cm³/mol. The van der Waals surface area contributed by atoms with Crippen molar-refractivity contribution in [3.05, 3.63) is 64.7 Å². The van der Waals surface area contributed by atoms with Gasteiger partial charge in [0.15, 0.2) is 6.61 Å². The van der Waals surface area contributed by atoms with E-state index in [-0.39, 0.29) is 25.1 Å². The Bertz CT molecular complexity index is 835. The third-order valence-electron chi connectivity index (χ3n) is 5.31. The van der Waals surface area contributed by atoms with E-state index in [1.807, 2.05) is 32.0 Å². The Morgan fingerprint density at radius 3 is 2.64 bits per heavy atom. The zero-order chi connectivity index (χ0) is 20.1. The van der Waals surface area contributed by atoms with Crippen molar-refractivity contribution in [2.24, 2.45) is 0 Å². The van der Waals surface area contributed by atoms with E-state index in [9.17, 15) is 13.6 Å². The number of nitrogens with zero attached hydrogens (tertiary/aromatic N) is 1. The van der Waals surface area contributed by atoms with Crippen LogP contribution in [-0.2, 0) is 4.79 Å². The van der Waals surface area contributed by atoms with Crippen LogP contribution < -0.4 is 10.1 Å². The van der Waals surface area contributed by atoms with Crippen molar-refractivity contribution in [2.45, 2.75) is 32.7 Å². The molecule has 0 radical (unpaired) electrons. The van der Waals surface area contributed by atoms with Crippen LogP contribution in [0.4, 0.5) is 8.78 Å². The highest BCUT2D eigenvalue weighted by molar-refractivity contribution is 5.77. The molecular weight excluding hydrogens is 362 g/mol. The van der Waals surface area contributed by atoms with E-state index >= 15 is 0 Å². The van der Waals surface area contributed by atoms with Crippen LogP contribution in [0.15, 0.2) is 36.4 Å². The van der Waals surface area contributed by atoms with Crippen molar-refractivity contribution < 1.29 is 18.3 Å². The number of hydrogen-bond acceptors (Lipinski definition) is 3. The second-order valence-corrected chi connectivity index (χ2v) is 7.22. The highest BCUT2D eigenvalue weighted by Crippen LogP contribution is 2.27. The summed E-state index contributed by atoms with van der Waals surface area (Å²) in [5.41, 5.74) is 2.50. The maximum Gasteiger partial charge on any atom is 0.258 e. The van der Waals surface area contributed by atoms with Gasteiger partial charge in [0.1, 0.15) is 17.4 Å². The van der Waals surface area contributed by atoms with Crippen LogP contribution in [0.25, 0.3) is 0 Å². The smallest absolute Gasteiger partial charge is 0.258 e. The molecule has 2 aromatic carbocycles. The molecular formula is C22H26F2N2O2. The van der Waals surface area contributed by atoms with E-state index in [4.69, 9.17) is 4.74 Å². The van der Waals surface area contributed by atoms with Crippen molar-refractivity contribution in [2.75, 3.05) is 26.2 Å². The number of benzene rings is 2. The molecule has 1 fully saturated rings. The highest BCUT2D eigenvalue weighted by Gasteiger charge is 2.26. The monoisotopic (exact) mass is 388 g/mol. The summed E-state index contributed by atoms with van der Waals surface area (Å²) < 4.78 is 33.2. The zero-order valence-corrected chi connectivity index (χ0v) is 16.3. The fourth-order valence-corrected chi connectivity index (χ4v) is 3.55. The average Bonchev–Trinajstić information content (AvgIpc) is 3.19. The number of aryl methyl sites for hydroxylation is 1. The number of rotatable bonds is 7. The first-order valence-electron chi connectivity index (χ1n) is 9.60. The molecule has 0 aromatic heterocycles. The van der Waals surface area contributed by atoms with Crippen molar-refractivity contribution >= 4 is 5.91 Å². The number of halogens is 2. The first kappa shape index (κ1) is 20.3. The summed E-state index contributed by atoms with van der Waals surface area (Å²) in [6.45, 7) is 5.73. The molecule has 6 heteroatoms. The van der Waals surface area contributed by atoms with Gasteiger partial charge < -0.3 is 10.1 Å². The van der Waals surface area contributed by atoms with Crippen molar-refractivity contribution in [1.82, 2.24) is 10.2 Å². The second-order valence-electron chi connectivity index (χ2n) is 7.22. The van der Waals surface area contributed by atoms with Crippen LogP contribution in [-0.4, -0.2) is 37.0 Å². The van der Waals surface area contributed by atoms with Gasteiger partial charge in [-0.2, -0.15) is 0 Å². The lowest BCUT2D eigenvalue weighted by molar-refractivity contribution is -0.123. The second kappa shape index (κ2) is 9.15. The molecule has 150 valence electrons. The summed E-state index contributed by atoms with van der Waals surface area (Å²) in [5.74, 6) is -0.784. The van der Waals surface area contributed by atoms with Crippen LogP contribution in [0, 0.1) is 25.5 Å². The Morgan fingerprint density at radius 1 is 1.18 bits per heavy atom. The lowest BCUT2D eigenvalue weighted by Gasteiger charge is -2.28. The molecule has 1 aliphatic rings. The normalized spacial score (nSPS) is 15.4. The molecule has 1 heterocycles. The molecule has 0 spiro atoms. The molecule has 0 bridgehead atoms. The molecule has 3 rings (SSSR count). The summed E-state index contributed by atoms with van der Waals surface area (Å²) in [6, 6.07) is 8.99. The lowest BCUT2D eigenvalue weighted by Crippen LogP contribution is -2.39. The quantitative estimate of drug-likeness (QED) is 0.782. The Kier molecular flexibility index (Phi) is 6.62. The first-order chi connectivity index (χ1) is 13.5. The van der Waals surface area contributed by atoms with Gasteiger partial charge in [0.05, 0.1) is 6.04 Å². The molecule has 2 aromatic rings. The van der Waals surface area contributed by atoms with Gasteiger partial charge in [-0.1, -0.05) is 18.2 Å². The number of likely N-dealkylation sites (tertiary alicyclic amines) is 1. The van der Waals surface area contributed by atoms with Gasteiger partial charge in [-0.25, -0.2) is 8.78 Å². The van der Waals surface area contributed by atoms with Gasteiger partial charge in [-0.15, -0.1) is 0 Å². The van der Waals surface area contributed by atoms with E-state index < -0.39 is 11.6 Å². The van der Waals surface area contributed by atoms with Crippen LogP contribution in [0.5, 0.6) is 5.75 Å². The lowest BCUT2D eigenvalue weighted by atomic mass is 10.0. The Labute approximate surface area is 164 Å². The Balaban J connectivity index is 1.63. The van der Waals surface area contributed by atoms with Gasteiger partial charge in [0.2, 0.25) is 0 Å². The number of carbonyl (C=O) groups is 1. The van der Waals surface area contributed by atoms with Crippen LogP contribution >= 0.6 is 0 Å². The topological polar surface area (TPSA) is 41.6 Å². The van der Waals surface area contributed by atoms with Gasteiger partial charge in [0.25, 0.3) is 5.91 Å². The summed E-state index contributed by atoms with van der Waals surface area (Å²) in [6.07, 6.45) is 2.06. The minimum Gasteiger partial charge on any atom is -0.483 e. The van der Waals surface area contributed by atoms with Crippen LogP contribution in [0.1, 0.15) is 35.6 Å². The third kappa shape index (κ3) is 4.87. The summed E-state index contributed by atoms with van der Waals surface area (Å²) in [7, 11) is 0. The number of nitrogens with one attached hydrogen (secondary N) is 1. The van der Waals surface area contributed by atoms with Crippen molar-refractivity contribution in [3.8, 4) is 5.75 Å². The highest BCUT2D eigenvalue weighted by atomic mass is 19.1. The van der Waals surface area contributed by atoms with Crippen molar-refractivity contribution in [3.63, 3.8) is 0 Å². The maximum absolute atomic E-state index is 14.3. The summed E-state index contributed by atoms with van der Waals surface area (Å²) in [5, 5.41) is 2.84.